The Hall–Kier alpha value is -3.12. The van der Waals surface area contributed by atoms with Gasteiger partial charge < -0.3 is 15.3 Å². The molecule has 0 saturated heterocycles. The fourth-order valence-electron chi connectivity index (χ4n) is 3.09. The number of hydrogen-bond acceptors (Lipinski definition) is 3. The molecule has 3 heterocycles. The van der Waals surface area contributed by atoms with Gasteiger partial charge in [-0.05, 0) is 36.2 Å². The molecule has 0 fully saturated rings. The van der Waals surface area contributed by atoms with Crippen molar-refractivity contribution in [3.63, 3.8) is 0 Å². The Labute approximate surface area is 154 Å². The number of carbonyl (C=O) groups is 1. The van der Waals surface area contributed by atoms with Crippen molar-refractivity contribution >= 4 is 28.5 Å². The predicted molar refractivity (Wildman–Crippen MR) is 102 cm³/mol. The lowest BCUT2D eigenvalue weighted by molar-refractivity contribution is 0.0994. The van der Waals surface area contributed by atoms with Crippen LogP contribution in [-0.4, -0.2) is 25.4 Å². The Morgan fingerprint density at radius 2 is 2.15 bits per heavy atom. The van der Waals surface area contributed by atoms with Gasteiger partial charge in [-0.3, -0.25) is 4.79 Å². The number of amides is 1. The van der Waals surface area contributed by atoms with Crippen molar-refractivity contribution in [2.24, 2.45) is 5.73 Å². The highest BCUT2D eigenvalue weighted by molar-refractivity contribution is 6.30. The fourth-order valence-corrected chi connectivity index (χ4v) is 3.26. The number of hydrogen-bond donors (Lipinski definition) is 2. The van der Waals surface area contributed by atoms with Crippen molar-refractivity contribution in [2.75, 3.05) is 0 Å². The van der Waals surface area contributed by atoms with Gasteiger partial charge in [0.1, 0.15) is 11.3 Å². The largest absolute Gasteiger partial charge is 0.364 e. The van der Waals surface area contributed by atoms with Gasteiger partial charge in [-0.1, -0.05) is 24.6 Å². The quantitative estimate of drug-likeness (QED) is 0.577. The van der Waals surface area contributed by atoms with E-state index in [0.717, 1.165) is 23.1 Å². The summed E-state index contributed by atoms with van der Waals surface area (Å²) in [5.74, 6) is -0.116. The topological polar surface area (TPSA) is 89.6 Å². The van der Waals surface area contributed by atoms with Gasteiger partial charge in [0.15, 0.2) is 5.82 Å². The van der Waals surface area contributed by atoms with E-state index in [-0.39, 0.29) is 0 Å². The van der Waals surface area contributed by atoms with Crippen molar-refractivity contribution in [1.82, 2.24) is 19.5 Å². The number of rotatable bonds is 4. The van der Waals surface area contributed by atoms with E-state index in [4.69, 9.17) is 17.3 Å². The van der Waals surface area contributed by atoms with Gasteiger partial charge in [0.05, 0.1) is 11.3 Å². The number of halogens is 1. The number of H-pyrrole nitrogens is 1. The fraction of sp³-hybridized carbons (Fsp3) is 0.105. The molecule has 0 bridgehead atoms. The van der Waals surface area contributed by atoms with Crippen LogP contribution in [0.4, 0.5) is 0 Å². The van der Waals surface area contributed by atoms with Crippen molar-refractivity contribution in [3.05, 3.63) is 65.2 Å². The van der Waals surface area contributed by atoms with E-state index in [2.05, 4.69) is 15.0 Å². The Balaban J connectivity index is 1.94. The number of benzene rings is 1. The maximum Gasteiger partial charge on any atom is 0.266 e. The zero-order valence-corrected chi connectivity index (χ0v) is 14.8. The summed E-state index contributed by atoms with van der Waals surface area (Å²) in [4.78, 5) is 24.2. The Morgan fingerprint density at radius 1 is 1.31 bits per heavy atom. The van der Waals surface area contributed by atoms with Crippen LogP contribution in [0.2, 0.25) is 5.02 Å². The first kappa shape index (κ1) is 16.4. The van der Waals surface area contributed by atoms with Crippen molar-refractivity contribution in [3.8, 4) is 17.1 Å². The molecule has 0 atom stereocenters. The second-order valence-corrected chi connectivity index (χ2v) is 6.35. The number of fused-ring (bicyclic) bond motifs is 1. The number of nitrogens with one attached hydrogen (secondary N) is 1. The lowest BCUT2D eigenvalue weighted by Gasteiger charge is -2.13. The standard InChI is InChI=1S/C19H16ClN5O/c1-2-11-3-4-13(20)9-15(11)25-8-6-14(16(25)17(21)26)19-23-10-12-5-7-22-18(12)24-19/h3-10H,2H2,1H3,(H2,21,26)(H,22,23,24). The van der Waals surface area contributed by atoms with Gasteiger partial charge in [0, 0.05) is 29.0 Å². The summed E-state index contributed by atoms with van der Waals surface area (Å²) < 4.78 is 1.75. The molecule has 0 aliphatic carbocycles. The molecule has 0 aliphatic heterocycles. The third kappa shape index (κ3) is 2.64. The van der Waals surface area contributed by atoms with Crippen LogP contribution in [0.1, 0.15) is 23.0 Å². The molecule has 6 nitrogen and oxygen atoms in total. The first-order valence-electron chi connectivity index (χ1n) is 8.19. The smallest absolute Gasteiger partial charge is 0.266 e. The van der Waals surface area contributed by atoms with Gasteiger partial charge in [-0.25, -0.2) is 9.97 Å². The first-order valence-corrected chi connectivity index (χ1v) is 8.56. The second-order valence-electron chi connectivity index (χ2n) is 5.91. The molecule has 4 aromatic rings. The van der Waals surface area contributed by atoms with Gasteiger partial charge >= 0.3 is 0 Å². The van der Waals surface area contributed by atoms with E-state index in [1.54, 1.807) is 29.2 Å². The molecule has 3 aromatic heterocycles. The average molecular weight is 366 g/mol. The second kappa shape index (κ2) is 6.31. The maximum atomic E-state index is 12.3. The van der Waals surface area contributed by atoms with E-state index >= 15 is 0 Å². The summed E-state index contributed by atoms with van der Waals surface area (Å²) in [5, 5.41) is 1.49. The SMILES string of the molecule is CCc1ccc(Cl)cc1-n1ccc(-c2ncc3cc[nH]c3n2)c1C(N)=O. The summed E-state index contributed by atoms with van der Waals surface area (Å²) in [6.07, 6.45) is 6.10. The van der Waals surface area contributed by atoms with Crippen molar-refractivity contribution in [1.29, 1.82) is 0 Å². The molecule has 7 heteroatoms. The Bertz CT molecular complexity index is 1130. The average Bonchev–Trinajstić information content (AvgIpc) is 3.27. The molecule has 0 radical (unpaired) electrons. The Kier molecular flexibility index (Phi) is 3.97. The Morgan fingerprint density at radius 3 is 2.92 bits per heavy atom. The normalized spacial score (nSPS) is 11.2. The number of aromatic amines is 1. The van der Waals surface area contributed by atoms with Crippen LogP contribution in [0.3, 0.4) is 0 Å². The van der Waals surface area contributed by atoms with Crippen LogP contribution < -0.4 is 5.73 Å². The highest BCUT2D eigenvalue weighted by atomic mass is 35.5. The van der Waals surface area contributed by atoms with E-state index in [1.807, 2.05) is 31.2 Å². The predicted octanol–water partition coefficient (Wildman–Crippen LogP) is 3.73. The molecular weight excluding hydrogens is 350 g/mol. The molecule has 0 aliphatic rings. The summed E-state index contributed by atoms with van der Waals surface area (Å²) >= 11 is 6.17. The number of aryl methyl sites for hydroxylation is 1. The zero-order valence-electron chi connectivity index (χ0n) is 14.0. The summed E-state index contributed by atoms with van der Waals surface area (Å²) in [5.41, 5.74) is 9.19. The van der Waals surface area contributed by atoms with E-state index in [1.165, 1.54) is 0 Å². The summed E-state index contributed by atoms with van der Waals surface area (Å²) in [7, 11) is 0. The molecule has 3 N–H and O–H groups in total. The first-order chi connectivity index (χ1) is 12.6. The van der Waals surface area contributed by atoms with E-state index < -0.39 is 5.91 Å². The summed E-state index contributed by atoms with van der Waals surface area (Å²) in [6.45, 7) is 2.05. The van der Waals surface area contributed by atoms with Crippen molar-refractivity contribution < 1.29 is 4.79 Å². The number of nitrogens with zero attached hydrogens (tertiary/aromatic N) is 3. The third-order valence-electron chi connectivity index (χ3n) is 4.35. The molecule has 130 valence electrons. The molecular formula is C19H16ClN5O. The number of carbonyl (C=O) groups excluding carboxylic acids is 1. The lowest BCUT2D eigenvalue weighted by Crippen LogP contribution is -2.18. The minimum absolute atomic E-state index is 0.327. The van der Waals surface area contributed by atoms with Gasteiger partial charge in [0.2, 0.25) is 0 Å². The van der Waals surface area contributed by atoms with Crippen molar-refractivity contribution in [2.45, 2.75) is 13.3 Å². The van der Waals surface area contributed by atoms with Crippen LogP contribution in [0.15, 0.2) is 48.9 Å². The third-order valence-corrected chi connectivity index (χ3v) is 4.58. The number of nitrogens with two attached hydrogens (primary N) is 1. The molecule has 0 unspecified atom stereocenters. The molecule has 4 rings (SSSR count). The molecule has 1 aromatic carbocycles. The maximum absolute atomic E-state index is 12.3. The number of primary amides is 1. The molecule has 0 spiro atoms. The van der Waals surface area contributed by atoms with Crippen LogP contribution in [-0.2, 0) is 6.42 Å². The van der Waals surface area contributed by atoms with Crippen LogP contribution in [0, 0.1) is 0 Å². The minimum atomic E-state index is -0.554. The number of aromatic nitrogens is 4. The van der Waals surface area contributed by atoms with Crippen LogP contribution >= 0.6 is 11.6 Å². The summed E-state index contributed by atoms with van der Waals surface area (Å²) in [6, 6.07) is 9.29. The van der Waals surface area contributed by atoms with Crippen LogP contribution in [0.5, 0.6) is 0 Å². The molecule has 0 saturated carbocycles. The highest BCUT2D eigenvalue weighted by Gasteiger charge is 2.20. The van der Waals surface area contributed by atoms with Gasteiger partial charge in [-0.15, -0.1) is 0 Å². The highest BCUT2D eigenvalue weighted by Crippen LogP contribution is 2.28. The molecule has 26 heavy (non-hydrogen) atoms. The van der Waals surface area contributed by atoms with E-state index in [9.17, 15) is 4.79 Å². The monoisotopic (exact) mass is 365 g/mol. The zero-order chi connectivity index (χ0) is 18.3. The minimum Gasteiger partial charge on any atom is -0.364 e. The van der Waals surface area contributed by atoms with Gasteiger partial charge in [-0.2, -0.15) is 0 Å². The lowest BCUT2D eigenvalue weighted by atomic mass is 10.1. The molecule has 1 amide bonds. The van der Waals surface area contributed by atoms with Gasteiger partial charge in [0.25, 0.3) is 5.91 Å². The van der Waals surface area contributed by atoms with Crippen LogP contribution in [0.25, 0.3) is 28.1 Å². The van der Waals surface area contributed by atoms with E-state index in [0.29, 0.717) is 27.8 Å².